The van der Waals surface area contributed by atoms with Gasteiger partial charge in [-0.2, -0.15) is 0 Å². The van der Waals surface area contributed by atoms with Crippen molar-refractivity contribution in [1.82, 2.24) is 15.3 Å². The van der Waals surface area contributed by atoms with Crippen molar-refractivity contribution in [3.05, 3.63) is 89.6 Å². The van der Waals surface area contributed by atoms with Crippen LogP contribution in [0.1, 0.15) is 21.6 Å². The van der Waals surface area contributed by atoms with Crippen LogP contribution < -0.4 is 14.8 Å². The molecule has 170 valence electrons. The molecule has 0 aliphatic heterocycles. The number of H-pyrrole nitrogens is 1. The average Bonchev–Trinajstić information content (AvgIpc) is 3.26. The van der Waals surface area contributed by atoms with E-state index in [1.165, 1.54) is 5.56 Å². The van der Waals surface area contributed by atoms with E-state index in [4.69, 9.17) is 14.5 Å². The minimum absolute atomic E-state index is 0.235. The maximum absolute atomic E-state index is 13.2. The average molecular weight is 452 g/mol. The van der Waals surface area contributed by atoms with Crippen LogP contribution in [0.3, 0.4) is 0 Å². The number of nitrogens with zero attached hydrogens (tertiary/aromatic N) is 1. The largest absolute Gasteiger partial charge is 0.497 e. The maximum Gasteiger partial charge on any atom is 0.270 e. The van der Waals surface area contributed by atoms with E-state index in [-0.39, 0.29) is 5.91 Å². The highest BCUT2D eigenvalue weighted by Gasteiger charge is 2.19. The Balaban J connectivity index is 1.63. The van der Waals surface area contributed by atoms with Gasteiger partial charge in [0.15, 0.2) is 0 Å². The molecule has 1 amide bonds. The van der Waals surface area contributed by atoms with Crippen molar-refractivity contribution in [2.24, 2.45) is 0 Å². The molecule has 0 aliphatic rings. The molecule has 2 heterocycles. The number of aryl methyl sites for hydroxylation is 1. The van der Waals surface area contributed by atoms with Gasteiger partial charge < -0.3 is 19.8 Å². The zero-order chi connectivity index (χ0) is 23.7. The molecule has 2 aromatic heterocycles. The van der Waals surface area contributed by atoms with Gasteiger partial charge >= 0.3 is 0 Å². The molecule has 0 aliphatic carbocycles. The molecule has 0 bridgehead atoms. The van der Waals surface area contributed by atoms with Crippen LogP contribution in [0, 0.1) is 6.92 Å². The summed E-state index contributed by atoms with van der Waals surface area (Å²) in [4.78, 5) is 21.5. The molecular weight excluding hydrogens is 426 g/mol. The first kappa shape index (κ1) is 21.5. The van der Waals surface area contributed by atoms with Crippen molar-refractivity contribution in [2.75, 3.05) is 14.2 Å². The number of benzene rings is 3. The van der Waals surface area contributed by atoms with Gasteiger partial charge in [0.2, 0.25) is 0 Å². The number of fused-ring (bicyclic) bond motifs is 3. The summed E-state index contributed by atoms with van der Waals surface area (Å²) >= 11 is 0. The van der Waals surface area contributed by atoms with Crippen molar-refractivity contribution >= 4 is 27.7 Å². The topological polar surface area (TPSA) is 76.2 Å². The highest BCUT2D eigenvalue weighted by molar-refractivity contribution is 6.13. The first-order valence-electron chi connectivity index (χ1n) is 11.0. The van der Waals surface area contributed by atoms with Crippen LogP contribution in [0.4, 0.5) is 0 Å². The second-order valence-electron chi connectivity index (χ2n) is 8.18. The van der Waals surface area contributed by atoms with Gasteiger partial charge in [-0.1, -0.05) is 48.0 Å². The lowest BCUT2D eigenvalue weighted by Gasteiger charge is -2.12. The van der Waals surface area contributed by atoms with Crippen LogP contribution in [0.15, 0.2) is 72.8 Å². The van der Waals surface area contributed by atoms with E-state index >= 15 is 0 Å². The third-order valence-corrected chi connectivity index (χ3v) is 5.97. The number of rotatable bonds is 6. The van der Waals surface area contributed by atoms with Gasteiger partial charge in [0, 0.05) is 34.5 Å². The first-order valence-corrected chi connectivity index (χ1v) is 11.0. The lowest BCUT2D eigenvalue weighted by atomic mass is 10.0. The molecule has 0 saturated heterocycles. The van der Waals surface area contributed by atoms with Gasteiger partial charge in [-0.05, 0) is 36.8 Å². The number of aromatic nitrogens is 2. The molecule has 5 aromatic rings. The molecule has 0 saturated carbocycles. The number of carbonyl (C=O) groups excluding carboxylic acids is 1. The number of para-hydroxylation sites is 1. The molecule has 34 heavy (non-hydrogen) atoms. The molecule has 0 spiro atoms. The summed E-state index contributed by atoms with van der Waals surface area (Å²) in [5.41, 5.74) is 5.80. The lowest BCUT2D eigenvalue weighted by Crippen LogP contribution is -2.24. The van der Waals surface area contributed by atoms with Gasteiger partial charge in [-0.25, -0.2) is 4.98 Å². The van der Waals surface area contributed by atoms with E-state index in [1.807, 2.05) is 79.7 Å². The van der Waals surface area contributed by atoms with E-state index in [0.717, 1.165) is 32.9 Å². The summed E-state index contributed by atoms with van der Waals surface area (Å²) < 4.78 is 11.0. The second kappa shape index (κ2) is 8.90. The van der Waals surface area contributed by atoms with E-state index in [9.17, 15) is 4.79 Å². The standard InChI is InChI=1S/C28H25N3O3/c1-17-8-10-18(11-9-17)16-29-28(32)24-15-22-20-6-4-5-7-23(20)30-27(22)26(31-24)21-13-12-19(33-2)14-25(21)34-3/h4-15,30H,16H2,1-3H3,(H,29,32). The molecular formula is C28H25N3O3. The van der Waals surface area contributed by atoms with Crippen LogP contribution in [0.25, 0.3) is 33.1 Å². The van der Waals surface area contributed by atoms with Gasteiger partial charge in [-0.15, -0.1) is 0 Å². The minimum Gasteiger partial charge on any atom is -0.497 e. The number of pyridine rings is 1. The van der Waals surface area contributed by atoms with Gasteiger partial charge in [0.1, 0.15) is 17.2 Å². The van der Waals surface area contributed by atoms with Crippen LogP contribution in [0.5, 0.6) is 11.5 Å². The Morgan fingerprint density at radius 3 is 2.50 bits per heavy atom. The highest BCUT2D eigenvalue weighted by atomic mass is 16.5. The molecule has 2 N–H and O–H groups in total. The Bertz CT molecular complexity index is 1500. The normalized spacial score (nSPS) is 11.0. The van der Waals surface area contributed by atoms with Crippen molar-refractivity contribution in [3.8, 4) is 22.8 Å². The summed E-state index contributed by atoms with van der Waals surface area (Å²) in [5, 5.41) is 4.96. The Labute approximate surface area is 197 Å². The smallest absolute Gasteiger partial charge is 0.270 e. The number of aromatic amines is 1. The van der Waals surface area contributed by atoms with Crippen molar-refractivity contribution < 1.29 is 14.3 Å². The van der Waals surface area contributed by atoms with Gasteiger partial charge in [0.25, 0.3) is 5.91 Å². The predicted molar refractivity (Wildman–Crippen MR) is 134 cm³/mol. The zero-order valence-electron chi connectivity index (χ0n) is 19.3. The molecule has 0 atom stereocenters. The number of amides is 1. The highest BCUT2D eigenvalue weighted by Crippen LogP contribution is 2.38. The van der Waals surface area contributed by atoms with E-state index in [0.29, 0.717) is 29.4 Å². The monoisotopic (exact) mass is 451 g/mol. The van der Waals surface area contributed by atoms with Crippen molar-refractivity contribution in [1.29, 1.82) is 0 Å². The third-order valence-electron chi connectivity index (χ3n) is 5.97. The van der Waals surface area contributed by atoms with Crippen LogP contribution in [-0.4, -0.2) is 30.1 Å². The Morgan fingerprint density at radius 1 is 0.941 bits per heavy atom. The van der Waals surface area contributed by atoms with Crippen LogP contribution in [-0.2, 0) is 6.54 Å². The summed E-state index contributed by atoms with van der Waals surface area (Å²) in [6.45, 7) is 2.46. The minimum atomic E-state index is -0.235. The number of carbonyl (C=O) groups is 1. The summed E-state index contributed by atoms with van der Waals surface area (Å²) in [5.74, 6) is 1.06. The van der Waals surface area contributed by atoms with Crippen LogP contribution >= 0.6 is 0 Å². The Kier molecular flexibility index (Phi) is 5.64. The van der Waals surface area contributed by atoms with E-state index in [1.54, 1.807) is 14.2 Å². The summed E-state index contributed by atoms with van der Waals surface area (Å²) in [6.07, 6.45) is 0. The van der Waals surface area contributed by atoms with Crippen molar-refractivity contribution in [3.63, 3.8) is 0 Å². The first-order chi connectivity index (χ1) is 16.6. The summed E-state index contributed by atoms with van der Waals surface area (Å²) in [6, 6.07) is 23.5. The fourth-order valence-corrected chi connectivity index (χ4v) is 4.13. The second-order valence-corrected chi connectivity index (χ2v) is 8.18. The molecule has 0 radical (unpaired) electrons. The fourth-order valence-electron chi connectivity index (χ4n) is 4.13. The van der Waals surface area contributed by atoms with E-state index < -0.39 is 0 Å². The van der Waals surface area contributed by atoms with Crippen LogP contribution in [0.2, 0.25) is 0 Å². The number of ether oxygens (including phenoxy) is 2. The fraction of sp³-hybridized carbons (Fsp3) is 0.143. The van der Waals surface area contributed by atoms with Gasteiger partial charge in [0.05, 0.1) is 25.4 Å². The molecule has 6 nitrogen and oxygen atoms in total. The number of hydrogen-bond donors (Lipinski definition) is 2. The third kappa shape index (κ3) is 3.94. The number of hydrogen-bond acceptors (Lipinski definition) is 4. The van der Waals surface area contributed by atoms with Gasteiger partial charge in [-0.3, -0.25) is 4.79 Å². The molecule has 0 unspecified atom stereocenters. The maximum atomic E-state index is 13.2. The number of nitrogens with one attached hydrogen (secondary N) is 2. The lowest BCUT2D eigenvalue weighted by molar-refractivity contribution is 0.0946. The quantitative estimate of drug-likeness (QED) is 0.350. The number of methoxy groups -OCH3 is 2. The predicted octanol–water partition coefficient (Wildman–Crippen LogP) is 5.64. The Morgan fingerprint density at radius 2 is 1.74 bits per heavy atom. The molecule has 6 heteroatoms. The zero-order valence-corrected chi connectivity index (χ0v) is 19.3. The van der Waals surface area contributed by atoms with E-state index in [2.05, 4.69) is 10.3 Å². The van der Waals surface area contributed by atoms with Crippen molar-refractivity contribution in [2.45, 2.75) is 13.5 Å². The molecule has 0 fully saturated rings. The summed E-state index contributed by atoms with van der Waals surface area (Å²) in [7, 11) is 3.22. The Hall–Kier alpha value is -4.32. The molecule has 5 rings (SSSR count). The SMILES string of the molecule is COc1ccc(-c2nc(C(=O)NCc3ccc(C)cc3)cc3c2[nH]c2ccccc23)c(OC)c1. The molecule has 3 aromatic carbocycles.